The van der Waals surface area contributed by atoms with Crippen molar-refractivity contribution in [2.45, 2.75) is 0 Å². The van der Waals surface area contributed by atoms with E-state index in [4.69, 9.17) is 10.4 Å². The summed E-state index contributed by atoms with van der Waals surface area (Å²) in [4.78, 5) is 12.4. The standard InChI is InChI=1S/C12H12N2O2/c1-9(12(15)16)8-14(2)11-5-3-10(7-13)4-6-11/h3-6H,1,8H2,2H3,(H,15,16). The van der Waals surface area contributed by atoms with Gasteiger partial charge in [-0.2, -0.15) is 5.26 Å². The number of nitriles is 1. The molecule has 0 unspecified atom stereocenters. The van der Waals surface area contributed by atoms with E-state index >= 15 is 0 Å². The Balaban J connectivity index is 2.74. The fourth-order valence-corrected chi connectivity index (χ4v) is 1.24. The second-order valence-corrected chi connectivity index (χ2v) is 3.42. The summed E-state index contributed by atoms with van der Waals surface area (Å²) >= 11 is 0. The van der Waals surface area contributed by atoms with Crippen molar-refractivity contribution in [1.29, 1.82) is 5.26 Å². The van der Waals surface area contributed by atoms with Gasteiger partial charge in [0, 0.05) is 24.9 Å². The number of likely N-dealkylation sites (N-methyl/N-ethyl adjacent to an activating group) is 1. The maximum absolute atomic E-state index is 10.6. The van der Waals surface area contributed by atoms with Crippen LogP contribution >= 0.6 is 0 Å². The summed E-state index contributed by atoms with van der Waals surface area (Å²) in [6.45, 7) is 3.71. The Labute approximate surface area is 94.0 Å². The fourth-order valence-electron chi connectivity index (χ4n) is 1.24. The van der Waals surface area contributed by atoms with Crippen LogP contribution in [-0.2, 0) is 4.79 Å². The van der Waals surface area contributed by atoms with Gasteiger partial charge in [-0.15, -0.1) is 0 Å². The summed E-state index contributed by atoms with van der Waals surface area (Å²) in [5.41, 5.74) is 1.56. The minimum Gasteiger partial charge on any atom is -0.478 e. The largest absolute Gasteiger partial charge is 0.478 e. The summed E-state index contributed by atoms with van der Waals surface area (Å²) in [6.07, 6.45) is 0. The SMILES string of the molecule is C=C(CN(C)c1ccc(C#N)cc1)C(=O)O. The molecule has 0 heterocycles. The average molecular weight is 216 g/mol. The van der Waals surface area contributed by atoms with E-state index < -0.39 is 5.97 Å². The molecule has 0 amide bonds. The Kier molecular flexibility index (Phi) is 3.67. The number of benzene rings is 1. The molecule has 1 rings (SSSR count). The van der Waals surface area contributed by atoms with Gasteiger partial charge >= 0.3 is 5.97 Å². The highest BCUT2D eigenvalue weighted by molar-refractivity contribution is 5.87. The molecular weight excluding hydrogens is 204 g/mol. The third-order valence-corrected chi connectivity index (χ3v) is 2.17. The first kappa shape index (κ1) is 11.8. The van der Waals surface area contributed by atoms with Crippen LogP contribution < -0.4 is 4.90 Å². The van der Waals surface area contributed by atoms with Crippen molar-refractivity contribution in [2.75, 3.05) is 18.5 Å². The molecule has 4 nitrogen and oxygen atoms in total. The minimum absolute atomic E-state index is 0.131. The Morgan fingerprint density at radius 1 is 1.50 bits per heavy atom. The van der Waals surface area contributed by atoms with Crippen LogP contribution in [0.4, 0.5) is 5.69 Å². The van der Waals surface area contributed by atoms with Crippen LogP contribution in [0.3, 0.4) is 0 Å². The van der Waals surface area contributed by atoms with Crippen LogP contribution in [-0.4, -0.2) is 24.7 Å². The monoisotopic (exact) mass is 216 g/mol. The summed E-state index contributed by atoms with van der Waals surface area (Å²) in [6, 6.07) is 8.94. The summed E-state index contributed by atoms with van der Waals surface area (Å²) < 4.78 is 0. The van der Waals surface area contributed by atoms with Gasteiger partial charge in [0.25, 0.3) is 0 Å². The molecule has 0 aliphatic carbocycles. The second-order valence-electron chi connectivity index (χ2n) is 3.42. The van der Waals surface area contributed by atoms with Gasteiger partial charge in [0.1, 0.15) is 0 Å². The number of hydrogen-bond donors (Lipinski definition) is 1. The molecule has 0 spiro atoms. The number of hydrogen-bond acceptors (Lipinski definition) is 3. The summed E-state index contributed by atoms with van der Waals surface area (Å²) in [5.74, 6) is -1.000. The van der Waals surface area contributed by atoms with Gasteiger partial charge in [-0.25, -0.2) is 4.79 Å². The molecule has 1 aromatic carbocycles. The lowest BCUT2D eigenvalue weighted by atomic mass is 10.2. The molecule has 0 aromatic heterocycles. The van der Waals surface area contributed by atoms with Gasteiger partial charge in [-0.05, 0) is 24.3 Å². The van der Waals surface area contributed by atoms with Crippen LogP contribution in [0.25, 0.3) is 0 Å². The van der Waals surface area contributed by atoms with E-state index in [2.05, 4.69) is 6.58 Å². The maximum atomic E-state index is 10.6. The molecule has 0 bridgehead atoms. The van der Waals surface area contributed by atoms with Gasteiger partial charge in [0.15, 0.2) is 0 Å². The molecule has 0 saturated heterocycles. The van der Waals surface area contributed by atoms with Gasteiger partial charge in [-0.3, -0.25) is 0 Å². The lowest BCUT2D eigenvalue weighted by Gasteiger charge is -2.18. The van der Waals surface area contributed by atoms with E-state index in [-0.39, 0.29) is 12.1 Å². The number of anilines is 1. The van der Waals surface area contributed by atoms with Crippen molar-refractivity contribution >= 4 is 11.7 Å². The highest BCUT2D eigenvalue weighted by Gasteiger charge is 2.08. The molecular formula is C12H12N2O2. The van der Waals surface area contributed by atoms with Crippen molar-refractivity contribution in [3.63, 3.8) is 0 Å². The zero-order valence-electron chi connectivity index (χ0n) is 8.97. The van der Waals surface area contributed by atoms with Crippen LogP contribution in [0.5, 0.6) is 0 Å². The molecule has 0 fully saturated rings. The Morgan fingerprint density at radius 2 is 2.06 bits per heavy atom. The lowest BCUT2D eigenvalue weighted by Crippen LogP contribution is -2.22. The van der Waals surface area contributed by atoms with Crippen LogP contribution in [0, 0.1) is 11.3 Å². The molecule has 4 heteroatoms. The van der Waals surface area contributed by atoms with Gasteiger partial charge in [0.05, 0.1) is 11.6 Å². The number of aliphatic carboxylic acids is 1. The van der Waals surface area contributed by atoms with Crippen molar-refractivity contribution < 1.29 is 9.90 Å². The molecule has 16 heavy (non-hydrogen) atoms. The molecule has 0 atom stereocenters. The topological polar surface area (TPSA) is 64.3 Å². The number of carboxylic acids is 1. The molecule has 1 aromatic rings. The molecule has 0 aliphatic heterocycles. The summed E-state index contributed by atoms with van der Waals surface area (Å²) in [5, 5.41) is 17.3. The molecule has 0 saturated carbocycles. The van der Waals surface area contributed by atoms with Crippen LogP contribution in [0.1, 0.15) is 5.56 Å². The lowest BCUT2D eigenvalue weighted by molar-refractivity contribution is -0.132. The first-order valence-corrected chi connectivity index (χ1v) is 4.67. The Bertz CT molecular complexity index is 443. The van der Waals surface area contributed by atoms with Crippen molar-refractivity contribution in [3.05, 3.63) is 42.0 Å². The van der Waals surface area contributed by atoms with Gasteiger partial charge < -0.3 is 10.0 Å². The smallest absolute Gasteiger partial charge is 0.332 e. The van der Waals surface area contributed by atoms with Crippen molar-refractivity contribution in [3.8, 4) is 6.07 Å². The van der Waals surface area contributed by atoms with Crippen molar-refractivity contribution in [2.24, 2.45) is 0 Å². The van der Waals surface area contributed by atoms with E-state index in [0.717, 1.165) is 5.69 Å². The second kappa shape index (κ2) is 4.99. The number of carboxylic acid groups (broad SMARTS) is 1. The Hall–Kier alpha value is -2.28. The zero-order chi connectivity index (χ0) is 12.1. The van der Waals surface area contributed by atoms with Crippen LogP contribution in [0.15, 0.2) is 36.4 Å². The van der Waals surface area contributed by atoms with Crippen LogP contribution in [0.2, 0.25) is 0 Å². The van der Waals surface area contributed by atoms with E-state index in [9.17, 15) is 4.79 Å². The Morgan fingerprint density at radius 3 is 2.50 bits per heavy atom. The highest BCUT2D eigenvalue weighted by atomic mass is 16.4. The molecule has 0 aliphatic rings. The van der Waals surface area contributed by atoms with Crippen molar-refractivity contribution in [1.82, 2.24) is 0 Å². The van der Waals surface area contributed by atoms with E-state index in [1.54, 1.807) is 36.2 Å². The van der Waals surface area contributed by atoms with Gasteiger partial charge in [0.2, 0.25) is 0 Å². The summed E-state index contributed by atoms with van der Waals surface area (Å²) in [7, 11) is 1.77. The molecule has 82 valence electrons. The fraction of sp³-hybridized carbons (Fsp3) is 0.167. The zero-order valence-corrected chi connectivity index (χ0v) is 8.97. The third-order valence-electron chi connectivity index (χ3n) is 2.17. The third kappa shape index (κ3) is 2.85. The molecule has 1 N–H and O–H groups in total. The van der Waals surface area contributed by atoms with E-state index in [1.807, 2.05) is 6.07 Å². The predicted molar refractivity (Wildman–Crippen MR) is 61.2 cm³/mol. The highest BCUT2D eigenvalue weighted by Crippen LogP contribution is 2.14. The van der Waals surface area contributed by atoms with E-state index in [0.29, 0.717) is 5.56 Å². The maximum Gasteiger partial charge on any atom is 0.332 e. The first-order valence-electron chi connectivity index (χ1n) is 4.67. The number of rotatable bonds is 4. The predicted octanol–water partition coefficient (Wildman–Crippen LogP) is 1.64. The average Bonchev–Trinajstić information content (AvgIpc) is 2.28. The molecule has 0 radical (unpaired) electrons. The minimum atomic E-state index is -1.000. The van der Waals surface area contributed by atoms with Gasteiger partial charge in [-0.1, -0.05) is 6.58 Å². The quantitative estimate of drug-likeness (QED) is 0.777. The number of carbonyl (C=O) groups is 1. The normalized spacial score (nSPS) is 9.25. The number of nitrogens with zero attached hydrogens (tertiary/aromatic N) is 2. The van der Waals surface area contributed by atoms with E-state index in [1.165, 1.54) is 0 Å². The first-order chi connectivity index (χ1) is 7.54.